The predicted molar refractivity (Wildman–Crippen MR) is 108 cm³/mol. The van der Waals surface area contributed by atoms with Gasteiger partial charge in [-0.1, -0.05) is 32.1 Å². The lowest BCUT2D eigenvalue weighted by Gasteiger charge is -2.40. The first-order valence-corrected chi connectivity index (χ1v) is 11.4. The van der Waals surface area contributed by atoms with E-state index in [0.29, 0.717) is 5.41 Å². The molecule has 0 amide bonds. The Balaban J connectivity index is 1.36. The van der Waals surface area contributed by atoms with Gasteiger partial charge in [0, 0.05) is 36.9 Å². The van der Waals surface area contributed by atoms with Crippen LogP contribution in [-0.2, 0) is 0 Å². The highest BCUT2D eigenvalue weighted by molar-refractivity contribution is 8.00. The number of aromatic nitrogens is 3. The van der Waals surface area contributed by atoms with E-state index in [1.54, 1.807) is 0 Å². The molecular weight excluding hydrogens is 340 g/mol. The first-order valence-electron chi connectivity index (χ1n) is 10.6. The van der Waals surface area contributed by atoms with Crippen LogP contribution in [0.1, 0.15) is 70.6 Å². The molecule has 140 valence electrons. The van der Waals surface area contributed by atoms with Crippen LogP contribution in [0.4, 0.5) is 5.95 Å². The minimum absolute atomic E-state index is 0.654. The zero-order chi connectivity index (χ0) is 17.4. The molecule has 3 heterocycles. The number of hydrogen-bond donors (Lipinski definition) is 0. The highest BCUT2D eigenvalue weighted by Gasteiger charge is 2.37. The molecule has 5 heteroatoms. The number of anilines is 1. The fourth-order valence-electron chi connectivity index (χ4n) is 5.37. The molecule has 0 atom stereocenters. The number of rotatable bonds is 3. The molecule has 2 aliphatic carbocycles. The molecule has 26 heavy (non-hydrogen) atoms. The van der Waals surface area contributed by atoms with E-state index in [1.807, 2.05) is 18.0 Å². The van der Waals surface area contributed by atoms with Crippen molar-refractivity contribution in [2.24, 2.45) is 5.41 Å². The van der Waals surface area contributed by atoms with Crippen LogP contribution in [0.15, 0.2) is 23.5 Å². The maximum atomic E-state index is 4.91. The van der Waals surface area contributed by atoms with E-state index in [2.05, 4.69) is 26.7 Å². The molecule has 0 unspecified atom stereocenters. The number of fused-ring (bicyclic) bond motifs is 1. The van der Waals surface area contributed by atoms with Crippen LogP contribution in [-0.4, -0.2) is 32.7 Å². The first-order chi connectivity index (χ1) is 12.8. The summed E-state index contributed by atoms with van der Waals surface area (Å²) in [7, 11) is 0. The molecule has 2 aromatic heterocycles. The summed E-state index contributed by atoms with van der Waals surface area (Å²) in [4.78, 5) is 13.3. The van der Waals surface area contributed by atoms with E-state index in [-0.39, 0.29) is 0 Å². The third-order valence-electron chi connectivity index (χ3n) is 6.99. The summed E-state index contributed by atoms with van der Waals surface area (Å²) in [6.45, 7) is 2.30. The van der Waals surface area contributed by atoms with Gasteiger partial charge in [-0.3, -0.25) is 4.40 Å². The zero-order valence-electron chi connectivity index (χ0n) is 15.7. The normalized spacial score (nSPS) is 23.9. The fraction of sp³-hybridized carbons (Fsp3) is 0.714. The Morgan fingerprint density at radius 2 is 1.69 bits per heavy atom. The standard InChI is InChI=1S/C21H30N4S/c1-2-6-17(7-3-1)26-18-16-23-20(25-15-12-22-19(18)25)24-13-10-21(11-14-24)8-4-5-9-21/h12,15-17H,1-11,13-14H2. The van der Waals surface area contributed by atoms with Crippen LogP contribution >= 0.6 is 11.8 Å². The number of imidazole rings is 1. The zero-order valence-corrected chi connectivity index (χ0v) is 16.5. The Kier molecular flexibility index (Phi) is 4.59. The summed E-state index contributed by atoms with van der Waals surface area (Å²) >= 11 is 2.00. The molecule has 2 aromatic rings. The van der Waals surface area contributed by atoms with Gasteiger partial charge in [-0.25, -0.2) is 9.97 Å². The van der Waals surface area contributed by atoms with Crippen molar-refractivity contribution in [2.45, 2.75) is 80.8 Å². The van der Waals surface area contributed by atoms with Crippen LogP contribution < -0.4 is 4.90 Å². The van der Waals surface area contributed by atoms with E-state index in [1.165, 1.54) is 75.5 Å². The molecule has 1 saturated heterocycles. The third-order valence-corrected chi connectivity index (χ3v) is 8.34. The minimum atomic E-state index is 0.654. The van der Waals surface area contributed by atoms with Crippen molar-refractivity contribution in [3.63, 3.8) is 0 Å². The van der Waals surface area contributed by atoms with Gasteiger partial charge in [-0.15, -0.1) is 11.8 Å². The highest BCUT2D eigenvalue weighted by Crippen LogP contribution is 2.46. The summed E-state index contributed by atoms with van der Waals surface area (Å²) in [6, 6.07) is 0. The molecule has 0 bridgehead atoms. The number of thioether (sulfide) groups is 1. The second-order valence-corrected chi connectivity index (χ2v) is 9.96. The van der Waals surface area contributed by atoms with Gasteiger partial charge in [0.2, 0.25) is 5.95 Å². The lowest BCUT2D eigenvalue weighted by molar-refractivity contribution is 0.225. The van der Waals surface area contributed by atoms with Gasteiger partial charge in [0.05, 0.1) is 4.90 Å². The topological polar surface area (TPSA) is 33.4 Å². The van der Waals surface area contributed by atoms with Gasteiger partial charge in [0.15, 0.2) is 5.65 Å². The molecule has 3 aliphatic rings. The fourth-order valence-corrected chi connectivity index (χ4v) is 6.67. The van der Waals surface area contributed by atoms with Gasteiger partial charge in [0.1, 0.15) is 0 Å². The molecule has 5 rings (SSSR count). The van der Waals surface area contributed by atoms with Crippen molar-refractivity contribution < 1.29 is 0 Å². The van der Waals surface area contributed by atoms with Crippen LogP contribution in [0, 0.1) is 5.41 Å². The van der Waals surface area contributed by atoms with Gasteiger partial charge in [-0.2, -0.15) is 0 Å². The van der Waals surface area contributed by atoms with Crippen molar-refractivity contribution in [3.05, 3.63) is 18.6 Å². The Morgan fingerprint density at radius 3 is 2.46 bits per heavy atom. The van der Waals surface area contributed by atoms with Crippen LogP contribution in [0.5, 0.6) is 0 Å². The summed E-state index contributed by atoms with van der Waals surface area (Å²) in [5.74, 6) is 1.10. The quantitative estimate of drug-likeness (QED) is 0.733. The summed E-state index contributed by atoms with van der Waals surface area (Å²) in [5, 5.41) is 0.745. The number of piperidine rings is 1. The smallest absolute Gasteiger partial charge is 0.211 e. The minimum Gasteiger partial charge on any atom is -0.342 e. The SMILES string of the molecule is c1cn2c(N3CCC4(CCCC4)CC3)ncc(SC3CCCCC3)c2n1. The Bertz CT molecular complexity index is 748. The molecule has 1 aliphatic heterocycles. The molecule has 0 aromatic carbocycles. The monoisotopic (exact) mass is 370 g/mol. The van der Waals surface area contributed by atoms with E-state index in [4.69, 9.17) is 4.98 Å². The second kappa shape index (κ2) is 7.06. The van der Waals surface area contributed by atoms with Gasteiger partial charge >= 0.3 is 0 Å². The molecule has 1 spiro atoms. The van der Waals surface area contributed by atoms with E-state index in [9.17, 15) is 0 Å². The lowest BCUT2D eigenvalue weighted by Crippen LogP contribution is -2.40. The molecule has 2 saturated carbocycles. The van der Waals surface area contributed by atoms with Crippen molar-refractivity contribution in [1.29, 1.82) is 0 Å². The van der Waals surface area contributed by atoms with Crippen LogP contribution in [0.25, 0.3) is 5.65 Å². The number of hydrogen-bond acceptors (Lipinski definition) is 4. The third kappa shape index (κ3) is 3.12. The van der Waals surface area contributed by atoms with Crippen LogP contribution in [0.3, 0.4) is 0 Å². The van der Waals surface area contributed by atoms with Crippen LogP contribution in [0.2, 0.25) is 0 Å². The first kappa shape index (κ1) is 16.9. The molecule has 0 radical (unpaired) electrons. The maximum absolute atomic E-state index is 4.91. The van der Waals surface area contributed by atoms with Crippen molar-refractivity contribution in [1.82, 2.24) is 14.4 Å². The maximum Gasteiger partial charge on any atom is 0.211 e. The van der Waals surface area contributed by atoms with Crippen molar-refractivity contribution in [2.75, 3.05) is 18.0 Å². The van der Waals surface area contributed by atoms with E-state index < -0.39 is 0 Å². The Hall–Kier alpha value is -1.23. The van der Waals surface area contributed by atoms with Crippen molar-refractivity contribution >= 4 is 23.4 Å². The van der Waals surface area contributed by atoms with Gasteiger partial charge in [-0.05, 0) is 43.9 Å². The summed E-state index contributed by atoms with van der Waals surface area (Å²) < 4.78 is 2.23. The van der Waals surface area contributed by atoms with E-state index >= 15 is 0 Å². The molecular formula is C21H30N4S. The predicted octanol–water partition coefficient (Wildman–Crippen LogP) is 5.31. The second-order valence-electron chi connectivity index (χ2n) is 8.62. The molecule has 3 fully saturated rings. The Labute approximate surface area is 160 Å². The van der Waals surface area contributed by atoms with Gasteiger partial charge < -0.3 is 4.90 Å². The molecule has 4 nitrogen and oxygen atoms in total. The number of nitrogens with zero attached hydrogens (tertiary/aromatic N) is 4. The Morgan fingerprint density at radius 1 is 0.923 bits per heavy atom. The van der Waals surface area contributed by atoms with Crippen molar-refractivity contribution in [3.8, 4) is 0 Å². The lowest BCUT2D eigenvalue weighted by atomic mass is 9.77. The molecule has 0 N–H and O–H groups in total. The summed E-state index contributed by atoms with van der Waals surface area (Å²) in [6.07, 6.45) is 21.4. The average molecular weight is 371 g/mol. The summed E-state index contributed by atoms with van der Waals surface area (Å²) in [5.41, 5.74) is 1.76. The average Bonchev–Trinajstić information content (AvgIpc) is 3.34. The largest absolute Gasteiger partial charge is 0.342 e. The highest BCUT2D eigenvalue weighted by atomic mass is 32.2. The van der Waals surface area contributed by atoms with E-state index in [0.717, 1.165) is 29.9 Å². The van der Waals surface area contributed by atoms with Gasteiger partial charge in [0.25, 0.3) is 0 Å².